The first-order chi connectivity index (χ1) is 12.6. The van der Waals surface area contributed by atoms with Crippen LogP contribution in [0.1, 0.15) is 12.2 Å². The number of hydrogen-bond donors (Lipinski definition) is 1. The third kappa shape index (κ3) is 3.11. The van der Waals surface area contributed by atoms with Gasteiger partial charge < -0.3 is 9.88 Å². The maximum absolute atomic E-state index is 12.1. The SMILES string of the molecule is Cn1c2ccccc2c2nnc(CCC(=O)Nc3ccc(Cl)cc3)nc21. The van der Waals surface area contributed by atoms with E-state index in [1.165, 1.54) is 0 Å². The number of fused-ring (bicyclic) bond motifs is 3. The van der Waals surface area contributed by atoms with Gasteiger partial charge in [-0.25, -0.2) is 4.98 Å². The van der Waals surface area contributed by atoms with Gasteiger partial charge in [0.25, 0.3) is 0 Å². The predicted octanol–water partition coefficient (Wildman–Crippen LogP) is 3.74. The number of aryl methyl sites for hydroxylation is 2. The highest BCUT2D eigenvalue weighted by molar-refractivity contribution is 6.30. The van der Waals surface area contributed by atoms with Gasteiger partial charge in [0.2, 0.25) is 5.91 Å². The van der Waals surface area contributed by atoms with Crippen LogP contribution in [-0.4, -0.2) is 25.7 Å². The molecule has 0 atom stereocenters. The number of nitrogens with one attached hydrogen (secondary N) is 1. The maximum Gasteiger partial charge on any atom is 0.224 e. The van der Waals surface area contributed by atoms with Gasteiger partial charge >= 0.3 is 0 Å². The molecule has 1 N–H and O–H groups in total. The number of amides is 1. The Morgan fingerprint density at radius 2 is 1.88 bits per heavy atom. The van der Waals surface area contributed by atoms with Crippen LogP contribution in [0.2, 0.25) is 5.02 Å². The van der Waals surface area contributed by atoms with Crippen LogP contribution in [0.25, 0.3) is 22.1 Å². The van der Waals surface area contributed by atoms with Crippen molar-refractivity contribution in [1.29, 1.82) is 0 Å². The minimum atomic E-state index is -0.104. The summed E-state index contributed by atoms with van der Waals surface area (Å²) in [5, 5.41) is 13.0. The van der Waals surface area contributed by atoms with Gasteiger partial charge in [0, 0.05) is 36.0 Å². The molecule has 2 aromatic carbocycles. The van der Waals surface area contributed by atoms with Crippen LogP contribution >= 0.6 is 11.6 Å². The van der Waals surface area contributed by atoms with Gasteiger partial charge in [0.05, 0.1) is 5.52 Å². The number of halogens is 1. The molecule has 2 heterocycles. The molecule has 4 aromatic rings. The van der Waals surface area contributed by atoms with Crippen LogP contribution in [-0.2, 0) is 18.3 Å². The zero-order valence-corrected chi connectivity index (χ0v) is 14.9. The zero-order chi connectivity index (χ0) is 18.1. The van der Waals surface area contributed by atoms with Crippen molar-refractivity contribution in [2.75, 3.05) is 5.32 Å². The van der Waals surface area contributed by atoms with Crippen molar-refractivity contribution in [1.82, 2.24) is 19.7 Å². The van der Waals surface area contributed by atoms with Crippen molar-refractivity contribution >= 4 is 45.3 Å². The lowest BCUT2D eigenvalue weighted by atomic mass is 10.2. The number of benzene rings is 2. The number of anilines is 1. The fourth-order valence-corrected chi connectivity index (χ4v) is 3.05. The number of para-hydroxylation sites is 1. The molecule has 0 fully saturated rings. The molecule has 0 unspecified atom stereocenters. The summed E-state index contributed by atoms with van der Waals surface area (Å²) in [5.74, 6) is 0.447. The summed E-state index contributed by atoms with van der Waals surface area (Å²) >= 11 is 5.84. The van der Waals surface area contributed by atoms with E-state index in [0.29, 0.717) is 23.0 Å². The monoisotopic (exact) mass is 365 g/mol. The molecular weight excluding hydrogens is 350 g/mol. The molecule has 6 nitrogen and oxygen atoms in total. The largest absolute Gasteiger partial charge is 0.327 e. The van der Waals surface area contributed by atoms with Crippen molar-refractivity contribution in [2.24, 2.45) is 7.05 Å². The molecule has 0 aliphatic rings. The Labute approximate surface area is 154 Å². The van der Waals surface area contributed by atoms with Gasteiger partial charge in [-0.05, 0) is 30.3 Å². The summed E-state index contributed by atoms with van der Waals surface area (Å²) in [6, 6.07) is 15.0. The summed E-state index contributed by atoms with van der Waals surface area (Å²) in [6.07, 6.45) is 0.698. The fourth-order valence-electron chi connectivity index (χ4n) is 2.93. The van der Waals surface area contributed by atoms with Gasteiger partial charge in [-0.15, -0.1) is 10.2 Å². The third-order valence-electron chi connectivity index (χ3n) is 4.25. The van der Waals surface area contributed by atoms with Gasteiger partial charge in [0.1, 0.15) is 5.52 Å². The van der Waals surface area contributed by atoms with E-state index in [4.69, 9.17) is 11.6 Å². The lowest BCUT2D eigenvalue weighted by Crippen LogP contribution is -2.13. The average molecular weight is 366 g/mol. The van der Waals surface area contributed by atoms with Gasteiger partial charge in [0.15, 0.2) is 11.5 Å². The van der Waals surface area contributed by atoms with Crippen LogP contribution in [0.4, 0.5) is 5.69 Å². The maximum atomic E-state index is 12.1. The van der Waals surface area contributed by atoms with Crippen molar-refractivity contribution in [3.8, 4) is 0 Å². The molecule has 0 spiro atoms. The Hall–Kier alpha value is -2.99. The summed E-state index contributed by atoms with van der Waals surface area (Å²) < 4.78 is 2.00. The van der Waals surface area contributed by atoms with E-state index >= 15 is 0 Å². The normalized spacial score (nSPS) is 11.2. The molecule has 0 saturated heterocycles. The molecule has 1 amide bonds. The Morgan fingerprint density at radius 1 is 1.12 bits per heavy atom. The first kappa shape index (κ1) is 16.5. The lowest BCUT2D eigenvalue weighted by Gasteiger charge is -2.05. The molecule has 0 aliphatic heterocycles. The van der Waals surface area contributed by atoms with Crippen LogP contribution in [0.3, 0.4) is 0 Å². The lowest BCUT2D eigenvalue weighted by molar-refractivity contribution is -0.116. The number of carbonyl (C=O) groups excluding carboxylic acids is 1. The van der Waals surface area contributed by atoms with E-state index in [-0.39, 0.29) is 12.3 Å². The third-order valence-corrected chi connectivity index (χ3v) is 4.51. The smallest absolute Gasteiger partial charge is 0.224 e. The molecule has 2 aromatic heterocycles. The number of hydrogen-bond acceptors (Lipinski definition) is 4. The van der Waals surface area contributed by atoms with Crippen LogP contribution < -0.4 is 5.32 Å². The molecule has 0 aliphatic carbocycles. The van der Waals surface area contributed by atoms with Crippen molar-refractivity contribution in [2.45, 2.75) is 12.8 Å². The quantitative estimate of drug-likeness (QED) is 0.598. The van der Waals surface area contributed by atoms with Crippen LogP contribution in [0.15, 0.2) is 48.5 Å². The number of rotatable bonds is 4. The predicted molar refractivity (Wildman–Crippen MR) is 102 cm³/mol. The molecule has 130 valence electrons. The number of aromatic nitrogens is 4. The number of carbonyl (C=O) groups is 1. The molecule has 0 radical (unpaired) electrons. The van der Waals surface area contributed by atoms with Gasteiger partial charge in [-0.1, -0.05) is 29.8 Å². The summed E-state index contributed by atoms with van der Waals surface area (Å²) in [6.45, 7) is 0. The van der Waals surface area contributed by atoms with E-state index in [1.54, 1.807) is 24.3 Å². The van der Waals surface area contributed by atoms with Gasteiger partial charge in [-0.3, -0.25) is 4.79 Å². The second kappa shape index (κ2) is 6.72. The van der Waals surface area contributed by atoms with Crippen LogP contribution in [0, 0.1) is 0 Å². The molecule has 26 heavy (non-hydrogen) atoms. The molecule has 4 rings (SSSR count). The van der Waals surface area contributed by atoms with Crippen molar-refractivity contribution < 1.29 is 4.79 Å². The van der Waals surface area contributed by atoms with E-state index in [9.17, 15) is 4.79 Å². The molecule has 0 saturated carbocycles. The highest BCUT2D eigenvalue weighted by Crippen LogP contribution is 2.24. The van der Waals surface area contributed by atoms with E-state index in [0.717, 1.165) is 22.1 Å². The second-order valence-corrected chi connectivity index (χ2v) is 6.47. The highest BCUT2D eigenvalue weighted by Gasteiger charge is 2.13. The van der Waals surface area contributed by atoms with Crippen molar-refractivity contribution in [3.05, 3.63) is 59.4 Å². The van der Waals surface area contributed by atoms with Crippen molar-refractivity contribution in [3.63, 3.8) is 0 Å². The summed E-state index contributed by atoms with van der Waals surface area (Å²) in [7, 11) is 1.95. The van der Waals surface area contributed by atoms with E-state index in [1.807, 2.05) is 35.9 Å². The molecular formula is C19H16ClN5O. The zero-order valence-electron chi connectivity index (χ0n) is 14.1. The molecule has 0 bridgehead atoms. The highest BCUT2D eigenvalue weighted by atomic mass is 35.5. The Morgan fingerprint density at radius 3 is 2.69 bits per heavy atom. The van der Waals surface area contributed by atoms with E-state index < -0.39 is 0 Å². The average Bonchev–Trinajstić information content (AvgIpc) is 2.94. The van der Waals surface area contributed by atoms with Gasteiger partial charge in [-0.2, -0.15) is 0 Å². The number of nitrogens with zero attached hydrogens (tertiary/aromatic N) is 4. The minimum absolute atomic E-state index is 0.104. The Bertz CT molecular complexity index is 1100. The summed E-state index contributed by atoms with van der Waals surface area (Å²) in [4.78, 5) is 16.7. The second-order valence-electron chi connectivity index (χ2n) is 6.03. The standard InChI is InChI=1S/C19H16ClN5O/c1-25-15-5-3-2-4-14(15)18-19(25)22-16(23-24-18)10-11-17(26)21-13-8-6-12(20)7-9-13/h2-9H,10-11H2,1H3,(H,21,26). The topological polar surface area (TPSA) is 72.7 Å². The Kier molecular flexibility index (Phi) is 4.26. The first-order valence-corrected chi connectivity index (χ1v) is 8.62. The molecule has 7 heteroatoms. The first-order valence-electron chi connectivity index (χ1n) is 8.24. The summed E-state index contributed by atoms with van der Waals surface area (Å²) in [5.41, 5.74) is 3.32. The fraction of sp³-hybridized carbons (Fsp3) is 0.158. The van der Waals surface area contributed by atoms with E-state index in [2.05, 4.69) is 20.5 Å². The van der Waals surface area contributed by atoms with Crippen LogP contribution in [0.5, 0.6) is 0 Å². The minimum Gasteiger partial charge on any atom is -0.327 e. The Balaban J connectivity index is 1.50.